The predicted octanol–water partition coefficient (Wildman–Crippen LogP) is 1.82. The van der Waals surface area contributed by atoms with Gasteiger partial charge in [0.15, 0.2) is 11.5 Å². The molecular formula is C12H12N2O4S. The Hall–Kier alpha value is -2.02. The van der Waals surface area contributed by atoms with Crippen molar-refractivity contribution in [2.45, 2.75) is 5.03 Å². The summed E-state index contributed by atoms with van der Waals surface area (Å²) < 4.78 is 10.4. The van der Waals surface area contributed by atoms with E-state index in [1.165, 1.54) is 0 Å². The fraction of sp³-hybridized carbons (Fsp3) is 0.250. The number of carboxylic acids is 1. The zero-order valence-corrected chi connectivity index (χ0v) is 11.2. The minimum Gasteiger partial charge on any atom is -0.493 e. The third kappa shape index (κ3) is 3.05. The lowest BCUT2D eigenvalue weighted by atomic mass is 10.2. The van der Waals surface area contributed by atoms with Crippen molar-refractivity contribution in [1.82, 2.24) is 9.97 Å². The number of fused-ring (bicyclic) bond motifs is 1. The van der Waals surface area contributed by atoms with E-state index in [9.17, 15) is 4.79 Å². The van der Waals surface area contributed by atoms with Gasteiger partial charge in [-0.15, -0.1) is 0 Å². The summed E-state index contributed by atoms with van der Waals surface area (Å²) >= 11 is 1.12. The molecule has 0 aliphatic carbocycles. The van der Waals surface area contributed by atoms with E-state index < -0.39 is 5.97 Å². The standard InChI is InChI=1S/C12H12N2O4S/c1-17-9-3-7-8(4-10(9)18-2)14-11(5-13-7)19-6-12(15)16/h3-5H,6H2,1-2H3,(H,15,16). The average molecular weight is 280 g/mol. The van der Waals surface area contributed by atoms with E-state index in [0.29, 0.717) is 27.6 Å². The largest absolute Gasteiger partial charge is 0.493 e. The van der Waals surface area contributed by atoms with Crippen LogP contribution in [0.1, 0.15) is 0 Å². The number of hydrogen-bond acceptors (Lipinski definition) is 6. The summed E-state index contributed by atoms with van der Waals surface area (Å²) in [6.45, 7) is 0. The highest BCUT2D eigenvalue weighted by Crippen LogP contribution is 2.31. The molecule has 0 saturated heterocycles. The first-order valence-corrected chi connectivity index (χ1v) is 6.36. The van der Waals surface area contributed by atoms with Gasteiger partial charge in [-0.25, -0.2) is 4.98 Å². The summed E-state index contributed by atoms with van der Waals surface area (Å²) in [6, 6.07) is 3.44. The van der Waals surface area contributed by atoms with Crippen molar-refractivity contribution in [3.63, 3.8) is 0 Å². The highest BCUT2D eigenvalue weighted by Gasteiger charge is 2.09. The van der Waals surface area contributed by atoms with Gasteiger partial charge in [0.05, 0.1) is 37.2 Å². The molecule has 6 nitrogen and oxygen atoms in total. The van der Waals surface area contributed by atoms with E-state index in [-0.39, 0.29) is 5.75 Å². The Bertz CT molecular complexity index is 618. The third-order valence-electron chi connectivity index (χ3n) is 2.37. The van der Waals surface area contributed by atoms with Crippen molar-refractivity contribution in [2.24, 2.45) is 0 Å². The van der Waals surface area contributed by atoms with E-state index in [4.69, 9.17) is 14.6 Å². The monoisotopic (exact) mass is 280 g/mol. The number of rotatable bonds is 5. The molecule has 0 bridgehead atoms. The van der Waals surface area contributed by atoms with Crippen molar-refractivity contribution >= 4 is 28.8 Å². The number of thioether (sulfide) groups is 1. The van der Waals surface area contributed by atoms with Gasteiger partial charge in [0.1, 0.15) is 5.03 Å². The van der Waals surface area contributed by atoms with Gasteiger partial charge in [-0.2, -0.15) is 0 Å². The third-order valence-corrected chi connectivity index (χ3v) is 3.25. The van der Waals surface area contributed by atoms with Gasteiger partial charge in [0, 0.05) is 12.1 Å². The molecule has 0 amide bonds. The van der Waals surface area contributed by atoms with Crippen molar-refractivity contribution in [3.8, 4) is 11.5 Å². The van der Waals surface area contributed by atoms with Crippen LogP contribution in [0.25, 0.3) is 11.0 Å². The molecule has 0 radical (unpaired) electrons. The average Bonchev–Trinajstić information content (AvgIpc) is 2.43. The van der Waals surface area contributed by atoms with Crippen LogP contribution in [0.2, 0.25) is 0 Å². The molecule has 1 aromatic heterocycles. The Labute approximate surface area is 113 Å². The predicted molar refractivity (Wildman–Crippen MR) is 71.0 cm³/mol. The second-order valence-electron chi connectivity index (χ2n) is 3.59. The molecule has 100 valence electrons. The van der Waals surface area contributed by atoms with Crippen molar-refractivity contribution < 1.29 is 19.4 Å². The first-order chi connectivity index (χ1) is 9.13. The second kappa shape index (κ2) is 5.75. The lowest BCUT2D eigenvalue weighted by Gasteiger charge is -2.08. The molecule has 1 aromatic carbocycles. The van der Waals surface area contributed by atoms with Gasteiger partial charge >= 0.3 is 5.97 Å². The molecule has 2 rings (SSSR count). The number of hydrogen-bond donors (Lipinski definition) is 1. The van der Waals surface area contributed by atoms with Gasteiger partial charge < -0.3 is 14.6 Å². The van der Waals surface area contributed by atoms with Gasteiger partial charge in [0.2, 0.25) is 0 Å². The molecule has 7 heteroatoms. The number of ether oxygens (including phenoxy) is 2. The van der Waals surface area contributed by atoms with Crippen LogP contribution in [0.4, 0.5) is 0 Å². The SMILES string of the molecule is COc1cc2ncc(SCC(=O)O)nc2cc1OC. The molecule has 19 heavy (non-hydrogen) atoms. The van der Waals surface area contributed by atoms with Gasteiger partial charge in [-0.3, -0.25) is 9.78 Å². The zero-order valence-electron chi connectivity index (χ0n) is 10.4. The minimum atomic E-state index is -0.890. The number of benzene rings is 1. The van der Waals surface area contributed by atoms with E-state index in [1.54, 1.807) is 32.5 Å². The van der Waals surface area contributed by atoms with Crippen LogP contribution in [-0.2, 0) is 4.79 Å². The molecule has 2 aromatic rings. The van der Waals surface area contributed by atoms with Gasteiger partial charge in [-0.1, -0.05) is 11.8 Å². The summed E-state index contributed by atoms with van der Waals surface area (Å²) in [7, 11) is 3.09. The van der Waals surface area contributed by atoms with Crippen molar-refractivity contribution in [2.75, 3.05) is 20.0 Å². The van der Waals surface area contributed by atoms with E-state index >= 15 is 0 Å². The van der Waals surface area contributed by atoms with E-state index in [0.717, 1.165) is 11.8 Å². The highest BCUT2D eigenvalue weighted by molar-refractivity contribution is 7.99. The fourth-order valence-corrected chi connectivity index (χ4v) is 2.09. The molecule has 0 unspecified atom stereocenters. The molecule has 0 aliphatic heterocycles. The molecule has 0 aliphatic rings. The normalized spacial score (nSPS) is 10.4. The number of methoxy groups -OCH3 is 2. The number of carbonyl (C=O) groups is 1. The van der Waals surface area contributed by atoms with Crippen LogP contribution in [0.5, 0.6) is 11.5 Å². The van der Waals surface area contributed by atoms with Crippen LogP contribution >= 0.6 is 11.8 Å². The Morgan fingerprint density at radius 1 is 1.26 bits per heavy atom. The maximum Gasteiger partial charge on any atom is 0.313 e. The van der Waals surface area contributed by atoms with Crippen LogP contribution in [-0.4, -0.2) is 41.0 Å². The first kappa shape index (κ1) is 13.4. The lowest BCUT2D eigenvalue weighted by molar-refractivity contribution is -0.133. The topological polar surface area (TPSA) is 81.5 Å². The summed E-state index contributed by atoms with van der Waals surface area (Å²) in [5.41, 5.74) is 1.30. The first-order valence-electron chi connectivity index (χ1n) is 5.37. The molecule has 0 saturated carbocycles. The maximum atomic E-state index is 10.5. The molecule has 1 N–H and O–H groups in total. The van der Waals surface area contributed by atoms with Crippen LogP contribution in [0.15, 0.2) is 23.4 Å². The molecule has 1 heterocycles. The minimum absolute atomic E-state index is 0.0481. The zero-order chi connectivity index (χ0) is 13.8. The summed E-state index contributed by atoms with van der Waals surface area (Å²) in [5.74, 6) is 0.201. The van der Waals surface area contributed by atoms with E-state index in [1.807, 2.05) is 0 Å². The van der Waals surface area contributed by atoms with Gasteiger partial charge in [0.25, 0.3) is 0 Å². The van der Waals surface area contributed by atoms with E-state index in [2.05, 4.69) is 9.97 Å². The Morgan fingerprint density at radius 2 is 1.89 bits per heavy atom. The molecular weight excluding hydrogens is 268 g/mol. The summed E-state index contributed by atoms with van der Waals surface area (Å²) in [6.07, 6.45) is 1.54. The number of carboxylic acid groups (broad SMARTS) is 1. The fourth-order valence-electron chi connectivity index (χ4n) is 1.53. The molecule has 0 fully saturated rings. The number of aromatic nitrogens is 2. The number of nitrogens with zero attached hydrogens (tertiary/aromatic N) is 2. The van der Waals surface area contributed by atoms with Crippen LogP contribution in [0.3, 0.4) is 0 Å². The number of aliphatic carboxylic acids is 1. The highest BCUT2D eigenvalue weighted by atomic mass is 32.2. The smallest absolute Gasteiger partial charge is 0.313 e. The Balaban J connectivity index is 2.39. The summed E-state index contributed by atoms with van der Waals surface area (Å²) in [4.78, 5) is 19.1. The molecule has 0 atom stereocenters. The second-order valence-corrected chi connectivity index (χ2v) is 4.58. The Morgan fingerprint density at radius 3 is 2.47 bits per heavy atom. The van der Waals surface area contributed by atoms with Crippen LogP contribution < -0.4 is 9.47 Å². The summed E-state index contributed by atoms with van der Waals surface area (Å²) in [5, 5.41) is 9.19. The maximum absolute atomic E-state index is 10.5. The molecule has 0 spiro atoms. The Kier molecular flexibility index (Phi) is 4.06. The van der Waals surface area contributed by atoms with Crippen LogP contribution in [0, 0.1) is 0 Å². The van der Waals surface area contributed by atoms with Gasteiger partial charge in [-0.05, 0) is 0 Å². The van der Waals surface area contributed by atoms with Crippen molar-refractivity contribution in [3.05, 3.63) is 18.3 Å². The van der Waals surface area contributed by atoms with Crippen molar-refractivity contribution in [1.29, 1.82) is 0 Å². The quantitative estimate of drug-likeness (QED) is 0.836. The lowest BCUT2D eigenvalue weighted by Crippen LogP contribution is -1.99.